The molecule has 27 heavy (non-hydrogen) atoms. The van der Waals surface area contributed by atoms with Crippen molar-refractivity contribution in [2.24, 2.45) is 0 Å². The van der Waals surface area contributed by atoms with Crippen molar-refractivity contribution in [3.8, 4) is 9.75 Å². The number of piperazine rings is 1. The third-order valence-corrected chi connectivity index (χ3v) is 8.87. The number of anilines is 1. The van der Waals surface area contributed by atoms with Gasteiger partial charge in [-0.15, -0.1) is 11.3 Å². The van der Waals surface area contributed by atoms with Crippen LogP contribution in [0.1, 0.15) is 19.5 Å². The minimum Gasteiger partial charge on any atom is -0.340 e. The first-order valence-electron chi connectivity index (χ1n) is 8.29. The molecule has 0 unspecified atom stereocenters. The molecule has 1 N–H and O–H groups in total. The van der Waals surface area contributed by atoms with Crippen LogP contribution in [0.25, 0.3) is 9.75 Å². The molecular formula is C16H20N4O4S3. The van der Waals surface area contributed by atoms with Crippen LogP contribution >= 0.6 is 22.7 Å². The normalized spacial score (nSPS) is 15.7. The summed E-state index contributed by atoms with van der Waals surface area (Å²) in [4.78, 5) is 30.2. The van der Waals surface area contributed by atoms with Crippen LogP contribution in [-0.4, -0.2) is 60.6 Å². The Hall–Kier alpha value is -1.82. The van der Waals surface area contributed by atoms with Crippen molar-refractivity contribution in [1.29, 1.82) is 0 Å². The number of thiazole rings is 1. The summed E-state index contributed by atoms with van der Waals surface area (Å²) in [6.07, 6.45) is 0. The van der Waals surface area contributed by atoms with Crippen molar-refractivity contribution in [1.82, 2.24) is 14.2 Å². The fraction of sp³-hybridized carbons (Fsp3) is 0.438. The number of nitrogens with one attached hydrogen (secondary N) is 1. The highest BCUT2D eigenvalue weighted by Gasteiger charge is 2.30. The molecule has 1 aliphatic rings. The van der Waals surface area contributed by atoms with Crippen molar-refractivity contribution >= 4 is 49.6 Å². The number of nitrogens with zero attached hydrogens (tertiary/aromatic N) is 3. The van der Waals surface area contributed by atoms with Crippen LogP contribution in [0.4, 0.5) is 5.13 Å². The first-order chi connectivity index (χ1) is 12.7. The second-order valence-corrected chi connectivity index (χ2v) is 10.4. The molecule has 146 valence electrons. The topological polar surface area (TPSA) is 99.7 Å². The van der Waals surface area contributed by atoms with Crippen LogP contribution < -0.4 is 5.32 Å². The zero-order valence-corrected chi connectivity index (χ0v) is 17.6. The number of amides is 2. The number of aryl methyl sites for hydroxylation is 1. The summed E-state index contributed by atoms with van der Waals surface area (Å²) in [6.45, 7) is 6.12. The van der Waals surface area contributed by atoms with E-state index in [9.17, 15) is 18.0 Å². The molecule has 0 atom stereocenters. The minimum absolute atomic E-state index is 0.0406. The van der Waals surface area contributed by atoms with Gasteiger partial charge in [-0.2, -0.15) is 4.31 Å². The number of thiophene rings is 1. The predicted octanol–water partition coefficient (Wildman–Crippen LogP) is 1.99. The molecule has 0 bridgehead atoms. The van der Waals surface area contributed by atoms with Gasteiger partial charge in [-0.05, 0) is 19.1 Å². The molecule has 0 spiro atoms. The summed E-state index contributed by atoms with van der Waals surface area (Å²) in [5.74, 6) is -0.240. The molecule has 11 heteroatoms. The van der Waals surface area contributed by atoms with E-state index in [4.69, 9.17) is 0 Å². The second-order valence-electron chi connectivity index (χ2n) is 6.14. The molecule has 3 rings (SSSR count). The van der Waals surface area contributed by atoms with Gasteiger partial charge in [0.2, 0.25) is 11.8 Å². The highest BCUT2D eigenvalue weighted by Crippen LogP contribution is 2.39. The highest BCUT2D eigenvalue weighted by atomic mass is 32.2. The SMILES string of the molecule is CC(=O)Nc1nc(C)c(-c2ccc(S(=O)(=O)N3CCN(C(C)=O)CC3)s2)s1. The van der Waals surface area contributed by atoms with Gasteiger partial charge in [-0.1, -0.05) is 11.3 Å². The molecule has 8 nitrogen and oxygen atoms in total. The third-order valence-electron chi connectivity index (χ3n) is 4.16. The smallest absolute Gasteiger partial charge is 0.252 e. The molecule has 2 amide bonds. The summed E-state index contributed by atoms with van der Waals surface area (Å²) in [5, 5.41) is 3.15. The Labute approximate surface area is 165 Å². The average Bonchev–Trinajstić information content (AvgIpc) is 3.21. The van der Waals surface area contributed by atoms with Crippen LogP contribution in [0.3, 0.4) is 0 Å². The summed E-state index contributed by atoms with van der Waals surface area (Å²) in [6, 6.07) is 3.37. The lowest BCUT2D eigenvalue weighted by Gasteiger charge is -2.33. The predicted molar refractivity (Wildman–Crippen MR) is 105 cm³/mol. The summed E-state index contributed by atoms with van der Waals surface area (Å²) in [7, 11) is -3.60. The maximum atomic E-state index is 12.9. The van der Waals surface area contributed by atoms with Gasteiger partial charge in [0, 0.05) is 44.9 Å². The molecule has 0 aliphatic carbocycles. The van der Waals surface area contributed by atoms with Crippen LogP contribution in [0.2, 0.25) is 0 Å². The Morgan fingerprint density at radius 2 is 1.78 bits per heavy atom. The van der Waals surface area contributed by atoms with E-state index in [1.54, 1.807) is 17.0 Å². The standard InChI is InChI=1S/C16H20N4O4S3/c1-10-15(26-16(17-10)18-11(2)21)13-4-5-14(25-13)27(23,24)20-8-6-19(7-9-20)12(3)22/h4-5H,6-9H2,1-3H3,(H,17,18,21). The molecule has 0 saturated carbocycles. The van der Waals surface area contributed by atoms with Crippen LogP contribution in [0.5, 0.6) is 0 Å². The average molecular weight is 429 g/mol. The first kappa shape index (κ1) is 19.9. The number of hydrogen-bond donors (Lipinski definition) is 1. The first-order valence-corrected chi connectivity index (χ1v) is 11.4. The van der Waals surface area contributed by atoms with E-state index in [0.717, 1.165) is 15.4 Å². The van der Waals surface area contributed by atoms with E-state index >= 15 is 0 Å². The van der Waals surface area contributed by atoms with Crippen LogP contribution in [-0.2, 0) is 19.6 Å². The van der Waals surface area contributed by atoms with Gasteiger partial charge < -0.3 is 10.2 Å². The quantitative estimate of drug-likeness (QED) is 0.803. The summed E-state index contributed by atoms with van der Waals surface area (Å²) < 4.78 is 27.5. The van der Waals surface area contributed by atoms with E-state index in [-0.39, 0.29) is 16.0 Å². The number of aromatic nitrogens is 1. The van der Waals surface area contributed by atoms with E-state index in [1.165, 1.54) is 40.8 Å². The molecule has 1 fully saturated rings. The lowest BCUT2D eigenvalue weighted by molar-refractivity contribution is -0.130. The maximum Gasteiger partial charge on any atom is 0.252 e. The van der Waals surface area contributed by atoms with Gasteiger partial charge in [0.05, 0.1) is 10.6 Å². The molecule has 1 saturated heterocycles. The fourth-order valence-electron chi connectivity index (χ4n) is 2.78. The summed E-state index contributed by atoms with van der Waals surface area (Å²) >= 11 is 2.51. The fourth-order valence-corrected chi connectivity index (χ4v) is 6.84. The number of rotatable bonds is 4. The van der Waals surface area contributed by atoms with Crippen molar-refractivity contribution in [2.75, 3.05) is 31.5 Å². The zero-order valence-electron chi connectivity index (χ0n) is 15.2. The Balaban J connectivity index is 1.80. The highest BCUT2D eigenvalue weighted by molar-refractivity contribution is 7.91. The van der Waals surface area contributed by atoms with Crippen LogP contribution in [0, 0.1) is 6.92 Å². The third kappa shape index (κ3) is 4.21. The van der Waals surface area contributed by atoms with Gasteiger partial charge >= 0.3 is 0 Å². The van der Waals surface area contributed by atoms with Gasteiger partial charge in [0.1, 0.15) is 4.21 Å². The molecule has 2 aromatic rings. The Morgan fingerprint density at radius 1 is 1.11 bits per heavy atom. The lowest BCUT2D eigenvalue weighted by Crippen LogP contribution is -2.49. The van der Waals surface area contributed by atoms with Crippen molar-refractivity contribution in [3.63, 3.8) is 0 Å². The number of carbonyl (C=O) groups excluding carboxylic acids is 2. The molecule has 3 heterocycles. The van der Waals surface area contributed by atoms with E-state index in [2.05, 4.69) is 10.3 Å². The molecule has 1 aliphatic heterocycles. The van der Waals surface area contributed by atoms with Gasteiger partial charge in [-0.25, -0.2) is 13.4 Å². The monoisotopic (exact) mass is 428 g/mol. The van der Waals surface area contributed by atoms with Gasteiger partial charge in [-0.3, -0.25) is 9.59 Å². The largest absolute Gasteiger partial charge is 0.340 e. The molecule has 2 aromatic heterocycles. The Bertz CT molecular complexity index is 972. The van der Waals surface area contributed by atoms with Crippen molar-refractivity contribution in [3.05, 3.63) is 17.8 Å². The second kappa shape index (κ2) is 7.66. The molecule has 0 aromatic carbocycles. The Kier molecular flexibility index (Phi) is 5.65. The zero-order chi connectivity index (χ0) is 19.8. The minimum atomic E-state index is -3.60. The number of sulfonamides is 1. The Morgan fingerprint density at radius 3 is 2.37 bits per heavy atom. The maximum absolute atomic E-state index is 12.9. The van der Waals surface area contributed by atoms with Gasteiger partial charge in [0.25, 0.3) is 10.0 Å². The van der Waals surface area contributed by atoms with Crippen molar-refractivity contribution in [2.45, 2.75) is 25.0 Å². The van der Waals surface area contributed by atoms with E-state index in [1.807, 2.05) is 6.92 Å². The van der Waals surface area contributed by atoms with Crippen molar-refractivity contribution < 1.29 is 18.0 Å². The number of carbonyl (C=O) groups is 2. The van der Waals surface area contributed by atoms with E-state index in [0.29, 0.717) is 31.3 Å². The molecule has 0 radical (unpaired) electrons. The summed E-state index contributed by atoms with van der Waals surface area (Å²) in [5.41, 5.74) is 0.740. The van der Waals surface area contributed by atoms with Gasteiger partial charge in [0.15, 0.2) is 5.13 Å². The van der Waals surface area contributed by atoms with E-state index < -0.39 is 10.0 Å². The van der Waals surface area contributed by atoms with Crippen LogP contribution in [0.15, 0.2) is 16.3 Å². The number of hydrogen-bond acceptors (Lipinski definition) is 7. The lowest BCUT2D eigenvalue weighted by atomic mass is 10.3. The molecular weight excluding hydrogens is 408 g/mol.